The molecule has 0 amide bonds. The van der Waals surface area contributed by atoms with E-state index < -0.39 is 0 Å². The summed E-state index contributed by atoms with van der Waals surface area (Å²) in [4.78, 5) is 33.6. The summed E-state index contributed by atoms with van der Waals surface area (Å²) in [6, 6.07) is 15.6. The number of aromatic nitrogens is 4. The average molecular weight is 464 g/mol. The van der Waals surface area contributed by atoms with Crippen molar-refractivity contribution in [3.8, 4) is 0 Å². The van der Waals surface area contributed by atoms with Gasteiger partial charge in [-0.05, 0) is 42.5 Å². The number of benzene rings is 2. The Kier molecular flexibility index (Phi) is 5.37. The highest BCUT2D eigenvalue weighted by molar-refractivity contribution is 6.30. The maximum absolute atomic E-state index is 13.6. The summed E-state index contributed by atoms with van der Waals surface area (Å²) < 4.78 is 4.78. The van der Waals surface area contributed by atoms with E-state index in [0.717, 1.165) is 23.4 Å². The largest absolute Gasteiger partial charge is 0.332 e. The van der Waals surface area contributed by atoms with Gasteiger partial charge in [0.1, 0.15) is 0 Å². The second kappa shape index (κ2) is 8.23. The van der Waals surface area contributed by atoms with Crippen LogP contribution in [0.5, 0.6) is 0 Å². The molecule has 3 heterocycles. The Labute approximate surface area is 196 Å². The predicted octanol–water partition coefficient (Wildman–Crippen LogP) is 3.89. The number of hydrogen-bond acceptors (Lipinski definition) is 4. The molecule has 0 N–H and O–H groups in total. The molecule has 1 unspecified atom stereocenters. The highest BCUT2D eigenvalue weighted by Crippen LogP contribution is 2.35. The van der Waals surface area contributed by atoms with Gasteiger partial charge in [-0.3, -0.25) is 13.9 Å². The van der Waals surface area contributed by atoms with E-state index >= 15 is 0 Å². The number of fused-ring (bicyclic) bond motifs is 3. The lowest BCUT2D eigenvalue weighted by atomic mass is 10.1. The summed E-state index contributed by atoms with van der Waals surface area (Å²) in [5, 5.41) is 0.646. The number of imidazole rings is 1. The first-order chi connectivity index (χ1) is 15.8. The quantitative estimate of drug-likeness (QED) is 0.460. The Hall–Kier alpha value is -3.32. The van der Waals surface area contributed by atoms with Crippen molar-refractivity contribution < 1.29 is 0 Å². The number of hydrogen-bond donors (Lipinski definition) is 0. The van der Waals surface area contributed by atoms with Crippen molar-refractivity contribution in [2.24, 2.45) is 13.0 Å². The van der Waals surface area contributed by atoms with E-state index in [1.807, 2.05) is 60.0 Å². The van der Waals surface area contributed by atoms with Gasteiger partial charge in [0.05, 0.1) is 0 Å². The third-order valence-corrected chi connectivity index (χ3v) is 6.61. The standard InChI is InChI=1S/C25H26ClN5O2/c1-16-14-30(20-13-19(26)10-9-17(20)2)24-27-22-21(31(24)15-16)23(32)29(25(33)28(22)3)12-11-18-7-5-4-6-8-18/h4-10,13,16H,11-12,14-15H2,1-3H3. The number of halogens is 1. The van der Waals surface area contributed by atoms with Crippen molar-refractivity contribution in [1.82, 2.24) is 18.7 Å². The lowest BCUT2D eigenvalue weighted by molar-refractivity contribution is 0.457. The molecule has 5 rings (SSSR count). The van der Waals surface area contributed by atoms with Crippen LogP contribution >= 0.6 is 11.6 Å². The Balaban J connectivity index is 1.67. The molecule has 170 valence electrons. The van der Waals surface area contributed by atoms with E-state index in [-0.39, 0.29) is 17.2 Å². The molecule has 2 aromatic heterocycles. The van der Waals surface area contributed by atoms with Gasteiger partial charge in [-0.2, -0.15) is 4.98 Å². The van der Waals surface area contributed by atoms with Crippen LogP contribution in [0.25, 0.3) is 11.2 Å². The monoisotopic (exact) mass is 463 g/mol. The van der Waals surface area contributed by atoms with Crippen LogP contribution in [-0.4, -0.2) is 25.2 Å². The van der Waals surface area contributed by atoms with Gasteiger partial charge in [-0.1, -0.05) is 54.9 Å². The summed E-state index contributed by atoms with van der Waals surface area (Å²) in [5.41, 5.74) is 3.35. The SMILES string of the molecule is Cc1ccc(Cl)cc1N1CC(C)Cn2c1nc1c2c(=O)n(CCc2ccccc2)c(=O)n1C. The van der Waals surface area contributed by atoms with Crippen LogP contribution in [0.2, 0.25) is 5.02 Å². The van der Waals surface area contributed by atoms with Gasteiger partial charge in [-0.15, -0.1) is 0 Å². The third kappa shape index (κ3) is 3.66. The van der Waals surface area contributed by atoms with E-state index in [9.17, 15) is 9.59 Å². The molecule has 1 atom stereocenters. The molecule has 4 aromatic rings. The molecule has 0 spiro atoms. The minimum Gasteiger partial charge on any atom is -0.311 e. The van der Waals surface area contributed by atoms with Gasteiger partial charge in [-0.25, -0.2) is 4.79 Å². The Morgan fingerprint density at radius 1 is 1.09 bits per heavy atom. The molecule has 0 radical (unpaired) electrons. The minimum absolute atomic E-state index is 0.280. The van der Waals surface area contributed by atoms with Crippen molar-refractivity contribution in [3.05, 3.63) is 85.5 Å². The molecule has 2 aromatic carbocycles. The first-order valence-electron chi connectivity index (χ1n) is 11.1. The second-order valence-corrected chi connectivity index (χ2v) is 9.31. The zero-order chi connectivity index (χ0) is 23.3. The van der Waals surface area contributed by atoms with Crippen LogP contribution in [-0.2, 0) is 26.6 Å². The van der Waals surface area contributed by atoms with Crippen LogP contribution in [0.15, 0.2) is 58.1 Å². The molecule has 0 bridgehead atoms. The zero-order valence-electron chi connectivity index (χ0n) is 19.0. The van der Waals surface area contributed by atoms with Crippen molar-refractivity contribution >= 4 is 34.4 Å². The van der Waals surface area contributed by atoms with Gasteiger partial charge in [0, 0.05) is 37.4 Å². The minimum atomic E-state index is -0.350. The van der Waals surface area contributed by atoms with Crippen molar-refractivity contribution in [3.63, 3.8) is 0 Å². The Bertz CT molecular complexity index is 1470. The van der Waals surface area contributed by atoms with Gasteiger partial charge < -0.3 is 9.47 Å². The molecule has 33 heavy (non-hydrogen) atoms. The van der Waals surface area contributed by atoms with Gasteiger partial charge in [0.2, 0.25) is 5.95 Å². The van der Waals surface area contributed by atoms with E-state index in [1.165, 1.54) is 9.13 Å². The molecule has 1 aliphatic heterocycles. The summed E-state index contributed by atoms with van der Waals surface area (Å²) in [7, 11) is 1.68. The topological polar surface area (TPSA) is 65.1 Å². The van der Waals surface area contributed by atoms with Gasteiger partial charge in [0.15, 0.2) is 11.2 Å². The van der Waals surface area contributed by atoms with Gasteiger partial charge >= 0.3 is 5.69 Å². The van der Waals surface area contributed by atoms with E-state index in [1.54, 1.807) is 7.05 Å². The maximum Gasteiger partial charge on any atom is 0.332 e. The number of aryl methyl sites for hydroxylation is 3. The summed E-state index contributed by atoms with van der Waals surface area (Å²) in [6.07, 6.45) is 0.604. The number of rotatable bonds is 4. The van der Waals surface area contributed by atoms with Gasteiger partial charge in [0.25, 0.3) is 5.56 Å². The normalized spacial score (nSPS) is 15.8. The van der Waals surface area contributed by atoms with Crippen molar-refractivity contribution in [2.75, 3.05) is 11.4 Å². The molecule has 0 saturated heterocycles. The lowest BCUT2D eigenvalue weighted by Gasteiger charge is -2.33. The Morgan fingerprint density at radius 2 is 1.85 bits per heavy atom. The maximum atomic E-state index is 13.6. The van der Waals surface area contributed by atoms with Crippen LogP contribution in [0, 0.1) is 12.8 Å². The molecule has 0 aliphatic carbocycles. The van der Waals surface area contributed by atoms with Crippen molar-refractivity contribution in [1.29, 1.82) is 0 Å². The number of anilines is 2. The van der Waals surface area contributed by atoms with Crippen LogP contribution in [0.3, 0.4) is 0 Å². The summed E-state index contributed by atoms with van der Waals surface area (Å²) in [6.45, 7) is 5.91. The van der Waals surface area contributed by atoms with Crippen molar-refractivity contribution in [2.45, 2.75) is 33.4 Å². The third-order valence-electron chi connectivity index (χ3n) is 6.37. The summed E-state index contributed by atoms with van der Waals surface area (Å²) >= 11 is 6.30. The van der Waals surface area contributed by atoms with Crippen LogP contribution in [0.1, 0.15) is 18.1 Å². The zero-order valence-corrected chi connectivity index (χ0v) is 19.7. The molecular weight excluding hydrogens is 438 g/mol. The smallest absolute Gasteiger partial charge is 0.311 e. The highest BCUT2D eigenvalue weighted by atomic mass is 35.5. The molecule has 7 nitrogen and oxygen atoms in total. The molecule has 0 fully saturated rings. The molecule has 1 aliphatic rings. The molecular formula is C25H26ClN5O2. The van der Waals surface area contributed by atoms with E-state index in [4.69, 9.17) is 16.6 Å². The van der Waals surface area contributed by atoms with Crippen LogP contribution < -0.4 is 16.1 Å². The predicted molar refractivity (Wildman–Crippen MR) is 132 cm³/mol. The number of nitrogens with zero attached hydrogens (tertiary/aromatic N) is 5. The van der Waals surface area contributed by atoms with Crippen LogP contribution in [0.4, 0.5) is 11.6 Å². The highest BCUT2D eigenvalue weighted by Gasteiger charge is 2.30. The lowest BCUT2D eigenvalue weighted by Crippen LogP contribution is -2.41. The first kappa shape index (κ1) is 21.5. The fourth-order valence-corrected chi connectivity index (χ4v) is 4.83. The first-order valence-corrected chi connectivity index (χ1v) is 11.5. The van der Waals surface area contributed by atoms with E-state index in [2.05, 4.69) is 11.8 Å². The second-order valence-electron chi connectivity index (χ2n) is 8.88. The summed E-state index contributed by atoms with van der Waals surface area (Å²) in [5.74, 6) is 0.948. The fraction of sp³-hybridized carbons (Fsp3) is 0.320. The molecule has 8 heteroatoms. The fourth-order valence-electron chi connectivity index (χ4n) is 4.66. The Morgan fingerprint density at radius 3 is 2.61 bits per heavy atom. The van der Waals surface area contributed by atoms with E-state index in [0.29, 0.717) is 41.6 Å². The average Bonchev–Trinajstić information content (AvgIpc) is 3.19. The molecule has 0 saturated carbocycles.